The van der Waals surface area contributed by atoms with Gasteiger partial charge in [-0.1, -0.05) is 12.8 Å². The van der Waals surface area contributed by atoms with Crippen molar-refractivity contribution in [2.75, 3.05) is 0 Å². The van der Waals surface area contributed by atoms with Crippen LogP contribution >= 0.6 is 12.8 Å². The van der Waals surface area contributed by atoms with E-state index in [-0.39, 0.29) is 0 Å². The molecule has 0 fully saturated rings. The van der Waals surface area contributed by atoms with E-state index in [0.29, 0.717) is 4.31 Å². The van der Waals surface area contributed by atoms with Crippen LogP contribution in [0.3, 0.4) is 0 Å². The van der Waals surface area contributed by atoms with Crippen LogP contribution in [0.25, 0.3) is 0 Å². The lowest BCUT2D eigenvalue weighted by atomic mass is 10.2. The number of hydrogen-bond donors (Lipinski definition) is 2. The minimum absolute atomic E-state index is 0.356. The Hall–Kier alpha value is -1.44. The van der Waals surface area contributed by atoms with Crippen LogP contribution in [0.4, 0.5) is 14.4 Å². The zero-order valence-electron chi connectivity index (χ0n) is 11.9. The number of nitrogens with one attached hydrogen (secondary N) is 1. The third-order valence-corrected chi connectivity index (χ3v) is 1.71. The summed E-state index contributed by atoms with van der Waals surface area (Å²) in [5, 5.41) is 1.85. The molecule has 19 heavy (non-hydrogen) atoms. The van der Waals surface area contributed by atoms with E-state index in [1.165, 1.54) is 0 Å². The van der Waals surface area contributed by atoms with Gasteiger partial charge in [0.15, 0.2) is 0 Å². The van der Waals surface area contributed by atoms with E-state index < -0.39 is 29.4 Å². The van der Waals surface area contributed by atoms with Gasteiger partial charge in [-0.15, -0.1) is 0 Å². The Morgan fingerprint density at radius 3 is 1.74 bits per heavy atom. The zero-order chi connectivity index (χ0) is 15.4. The van der Waals surface area contributed by atoms with Gasteiger partial charge in [-0.05, 0) is 41.5 Å². The van der Waals surface area contributed by atoms with E-state index in [9.17, 15) is 14.4 Å². The van der Waals surface area contributed by atoms with Crippen LogP contribution in [0, 0.1) is 0 Å². The van der Waals surface area contributed by atoms with Crippen molar-refractivity contribution in [1.29, 1.82) is 0 Å². The van der Waals surface area contributed by atoms with Crippen LogP contribution < -0.4 is 5.32 Å². The molecule has 1 N–H and O–H groups in total. The number of carbonyl (C=O) groups is 3. The predicted octanol–water partition coefficient (Wildman–Crippen LogP) is 2.71. The summed E-state index contributed by atoms with van der Waals surface area (Å²) in [4.78, 5) is 34.3. The summed E-state index contributed by atoms with van der Waals surface area (Å²) in [5.74, 6) is 0. The fraction of sp³-hybridized carbons (Fsp3) is 0.727. The normalized spacial score (nSPS) is 11.5. The summed E-state index contributed by atoms with van der Waals surface area (Å²) in [6, 6.07) is -1.05. The van der Waals surface area contributed by atoms with E-state index in [2.05, 4.69) is 12.8 Å². The molecular formula is C11H20N2O5S. The topological polar surface area (TPSA) is 84.9 Å². The van der Waals surface area contributed by atoms with Crippen molar-refractivity contribution in [3.63, 3.8) is 0 Å². The molecule has 110 valence electrons. The fourth-order valence-electron chi connectivity index (χ4n) is 0.832. The van der Waals surface area contributed by atoms with Crippen LogP contribution in [-0.2, 0) is 9.47 Å². The molecule has 8 heteroatoms. The van der Waals surface area contributed by atoms with Crippen LogP contribution in [-0.4, -0.2) is 33.7 Å². The van der Waals surface area contributed by atoms with Crippen molar-refractivity contribution in [3.8, 4) is 0 Å². The molecule has 0 aliphatic heterocycles. The molecule has 0 aliphatic carbocycles. The molecule has 0 radical (unpaired) electrons. The largest absolute Gasteiger partial charge is 0.443 e. The van der Waals surface area contributed by atoms with Gasteiger partial charge in [0.25, 0.3) is 0 Å². The maximum Gasteiger partial charge on any atom is 0.428 e. The lowest BCUT2D eigenvalue weighted by molar-refractivity contribution is 0.0432. The fourth-order valence-corrected chi connectivity index (χ4v) is 0.923. The molecular weight excluding hydrogens is 272 g/mol. The predicted molar refractivity (Wildman–Crippen MR) is 71.8 cm³/mol. The molecule has 0 heterocycles. The highest BCUT2D eigenvalue weighted by Gasteiger charge is 2.27. The quantitative estimate of drug-likeness (QED) is 0.670. The van der Waals surface area contributed by atoms with Crippen LogP contribution in [0.1, 0.15) is 41.5 Å². The second-order valence-corrected chi connectivity index (χ2v) is 6.12. The summed E-state index contributed by atoms with van der Waals surface area (Å²) in [6.07, 6.45) is -1.96. The molecule has 0 aromatic carbocycles. The van der Waals surface area contributed by atoms with Gasteiger partial charge in [0, 0.05) is 0 Å². The van der Waals surface area contributed by atoms with Crippen molar-refractivity contribution < 1.29 is 23.9 Å². The SMILES string of the molecule is CC(C)(C)OC(=O)NC(=O)N(S)C(=O)OC(C)(C)C. The molecule has 0 saturated heterocycles. The van der Waals surface area contributed by atoms with Gasteiger partial charge in [-0.2, -0.15) is 4.31 Å². The van der Waals surface area contributed by atoms with Gasteiger partial charge < -0.3 is 9.47 Å². The summed E-state index contributed by atoms with van der Waals surface area (Å²) >= 11 is 3.66. The first kappa shape index (κ1) is 17.6. The number of hydrogen-bond acceptors (Lipinski definition) is 6. The molecule has 7 nitrogen and oxygen atoms in total. The second kappa shape index (κ2) is 6.14. The van der Waals surface area contributed by atoms with Crippen molar-refractivity contribution in [2.24, 2.45) is 0 Å². The van der Waals surface area contributed by atoms with E-state index in [1.54, 1.807) is 41.5 Å². The number of imide groups is 2. The molecule has 0 bridgehead atoms. The van der Waals surface area contributed by atoms with Gasteiger partial charge >= 0.3 is 18.2 Å². The minimum atomic E-state index is -1.05. The monoisotopic (exact) mass is 292 g/mol. The molecule has 0 aromatic heterocycles. The summed E-state index contributed by atoms with van der Waals surface area (Å²) in [5.41, 5.74) is -1.53. The number of rotatable bonds is 0. The number of carbonyl (C=O) groups excluding carboxylic acids is 3. The molecule has 0 atom stereocenters. The lowest BCUT2D eigenvalue weighted by Crippen LogP contribution is -2.44. The van der Waals surface area contributed by atoms with Crippen molar-refractivity contribution in [1.82, 2.24) is 9.62 Å². The highest BCUT2D eigenvalue weighted by Crippen LogP contribution is 2.11. The minimum Gasteiger partial charge on any atom is -0.443 e. The number of thiol groups is 1. The lowest BCUT2D eigenvalue weighted by Gasteiger charge is -2.23. The van der Waals surface area contributed by atoms with Gasteiger partial charge in [0.2, 0.25) is 0 Å². The Balaban J connectivity index is 4.43. The zero-order valence-corrected chi connectivity index (χ0v) is 12.8. The Morgan fingerprint density at radius 1 is 0.947 bits per heavy atom. The van der Waals surface area contributed by atoms with Crippen LogP contribution in [0.5, 0.6) is 0 Å². The smallest absolute Gasteiger partial charge is 0.428 e. The van der Waals surface area contributed by atoms with Gasteiger partial charge in [-0.3, -0.25) is 0 Å². The average Bonchev–Trinajstić information content (AvgIpc) is 2.10. The molecule has 0 spiro atoms. The third-order valence-electron chi connectivity index (χ3n) is 1.37. The summed E-state index contributed by atoms with van der Waals surface area (Å²) < 4.78 is 10.1. The van der Waals surface area contributed by atoms with Crippen molar-refractivity contribution in [2.45, 2.75) is 52.7 Å². The summed E-state index contributed by atoms with van der Waals surface area (Å²) in [7, 11) is 0. The molecule has 4 amide bonds. The average molecular weight is 292 g/mol. The number of amides is 4. The number of nitrogens with zero attached hydrogens (tertiary/aromatic N) is 1. The van der Waals surface area contributed by atoms with Gasteiger partial charge in [0.05, 0.1) is 0 Å². The number of urea groups is 1. The third kappa shape index (κ3) is 8.30. The molecule has 0 saturated carbocycles. The Morgan fingerprint density at radius 2 is 1.37 bits per heavy atom. The highest BCUT2D eigenvalue weighted by atomic mass is 32.1. The number of ether oxygens (including phenoxy) is 2. The van der Waals surface area contributed by atoms with Gasteiger partial charge in [0.1, 0.15) is 11.2 Å². The maximum absolute atomic E-state index is 11.5. The van der Waals surface area contributed by atoms with E-state index >= 15 is 0 Å². The molecule has 0 aromatic rings. The van der Waals surface area contributed by atoms with E-state index in [0.717, 1.165) is 0 Å². The molecule has 0 rings (SSSR count). The first-order chi connectivity index (χ1) is 8.32. The number of alkyl carbamates (subject to hydrolysis) is 1. The standard InChI is InChI=1S/C11H20N2O5S/c1-10(2,3)17-8(15)12-7(14)13(19)9(16)18-11(4,5)6/h19H,1-6H3,(H,12,14,15). The first-order valence-electron chi connectivity index (χ1n) is 5.58. The second-order valence-electron chi connectivity index (χ2n) is 5.72. The van der Waals surface area contributed by atoms with Crippen molar-refractivity contribution in [3.05, 3.63) is 0 Å². The Bertz CT molecular complexity index is 370. The van der Waals surface area contributed by atoms with E-state index in [1.807, 2.05) is 5.32 Å². The molecule has 0 unspecified atom stereocenters. The first-order valence-corrected chi connectivity index (χ1v) is 5.98. The Kier molecular flexibility index (Phi) is 5.67. The highest BCUT2D eigenvalue weighted by molar-refractivity contribution is 7.79. The van der Waals surface area contributed by atoms with Crippen molar-refractivity contribution >= 4 is 31.0 Å². The molecule has 0 aliphatic rings. The van der Waals surface area contributed by atoms with Crippen LogP contribution in [0.2, 0.25) is 0 Å². The maximum atomic E-state index is 11.5. The Labute approximate surface area is 118 Å². The van der Waals surface area contributed by atoms with E-state index in [4.69, 9.17) is 9.47 Å². The summed E-state index contributed by atoms with van der Waals surface area (Å²) in [6.45, 7) is 9.84. The van der Waals surface area contributed by atoms with Gasteiger partial charge in [-0.25, -0.2) is 19.7 Å². The van der Waals surface area contributed by atoms with Crippen LogP contribution in [0.15, 0.2) is 0 Å².